The molecule has 2 aliphatic rings. The SMILES string of the molecule is C=CCc1cc(/C=C2\C(=O)NC(=O)N(C3CCCC3)C2=O)cc(OCC)c1OCc1ccccc1. The van der Waals surface area contributed by atoms with Crippen molar-refractivity contribution in [1.82, 2.24) is 10.2 Å². The van der Waals surface area contributed by atoms with Gasteiger partial charge in [-0.05, 0) is 55.5 Å². The Morgan fingerprint density at radius 3 is 2.51 bits per heavy atom. The molecule has 4 rings (SSSR count). The number of carbonyl (C=O) groups is 3. The van der Waals surface area contributed by atoms with Gasteiger partial charge in [-0.1, -0.05) is 49.2 Å². The first kappa shape index (κ1) is 24.3. The summed E-state index contributed by atoms with van der Waals surface area (Å²) in [5.41, 5.74) is 2.38. The van der Waals surface area contributed by atoms with Crippen molar-refractivity contribution in [2.24, 2.45) is 0 Å². The fourth-order valence-electron chi connectivity index (χ4n) is 4.56. The molecule has 4 amide bonds. The predicted octanol–water partition coefficient (Wildman–Crippen LogP) is 4.80. The van der Waals surface area contributed by atoms with Gasteiger partial charge in [0.15, 0.2) is 11.5 Å². The Bertz CT molecular complexity index is 1150. The van der Waals surface area contributed by atoms with Gasteiger partial charge in [-0.25, -0.2) is 4.79 Å². The number of rotatable bonds is 9. The fourth-order valence-corrected chi connectivity index (χ4v) is 4.56. The first-order chi connectivity index (χ1) is 17.0. The van der Waals surface area contributed by atoms with Gasteiger partial charge in [0.05, 0.1) is 6.61 Å². The molecule has 1 heterocycles. The molecule has 35 heavy (non-hydrogen) atoms. The smallest absolute Gasteiger partial charge is 0.331 e. The van der Waals surface area contributed by atoms with Crippen LogP contribution < -0.4 is 14.8 Å². The van der Waals surface area contributed by atoms with E-state index in [1.165, 1.54) is 11.0 Å². The third-order valence-corrected chi connectivity index (χ3v) is 6.18. The molecule has 2 aromatic rings. The quantitative estimate of drug-likeness (QED) is 0.321. The molecular weight excluding hydrogens is 444 g/mol. The minimum atomic E-state index is -0.693. The Morgan fingerprint density at radius 2 is 1.83 bits per heavy atom. The molecule has 1 N–H and O–H groups in total. The topological polar surface area (TPSA) is 84.9 Å². The largest absolute Gasteiger partial charge is 0.490 e. The number of benzene rings is 2. The average molecular weight is 475 g/mol. The summed E-state index contributed by atoms with van der Waals surface area (Å²) in [5, 5.41) is 2.32. The van der Waals surface area contributed by atoms with Gasteiger partial charge in [0.25, 0.3) is 11.8 Å². The van der Waals surface area contributed by atoms with E-state index in [1.54, 1.807) is 12.1 Å². The summed E-state index contributed by atoms with van der Waals surface area (Å²) in [6.07, 6.45) is 7.22. The first-order valence-corrected chi connectivity index (χ1v) is 12.0. The molecule has 0 atom stereocenters. The van der Waals surface area contributed by atoms with Gasteiger partial charge in [0, 0.05) is 11.6 Å². The van der Waals surface area contributed by atoms with Crippen LogP contribution in [-0.4, -0.2) is 35.4 Å². The maximum atomic E-state index is 13.2. The molecule has 0 spiro atoms. The monoisotopic (exact) mass is 474 g/mol. The molecule has 0 unspecified atom stereocenters. The number of nitrogens with zero attached hydrogens (tertiary/aromatic N) is 1. The molecular formula is C28H30N2O5. The molecule has 2 fully saturated rings. The number of amides is 4. The standard InChI is InChI=1S/C28H30N2O5/c1-3-10-21-15-20(17-24(34-4-2)25(21)35-18-19-11-6-5-7-12-19)16-23-26(31)29-28(33)30(27(23)32)22-13-8-9-14-22/h3,5-7,11-12,15-17,22H,1,4,8-10,13-14,18H2,2H3,(H,29,31,33)/b23-16+. The lowest BCUT2D eigenvalue weighted by Crippen LogP contribution is -2.57. The van der Waals surface area contributed by atoms with E-state index in [0.717, 1.165) is 36.8 Å². The number of hydrogen-bond donors (Lipinski definition) is 1. The van der Waals surface area contributed by atoms with E-state index in [0.29, 0.717) is 36.7 Å². The highest BCUT2D eigenvalue weighted by atomic mass is 16.5. The van der Waals surface area contributed by atoms with E-state index in [9.17, 15) is 14.4 Å². The lowest BCUT2D eigenvalue weighted by molar-refractivity contribution is -0.131. The van der Waals surface area contributed by atoms with Crippen molar-refractivity contribution < 1.29 is 23.9 Å². The van der Waals surface area contributed by atoms with Crippen LogP contribution in [0.1, 0.15) is 49.3 Å². The Morgan fingerprint density at radius 1 is 1.09 bits per heavy atom. The molecule has 1 saturated carbocycles. The van der Waals surface area contributed by atoms with Crippen LogP contribution in [0, 0.1) is 0 Å². The van der Waals surface area contributed by atoms with Crippen LogP contribution in [0.4, 0.5) is 4.79 Å². The number of nitrogens with one attached hydrogen (secondary N) is 1. The highest BCUT2D eigenvalue weighted by Gasteiger charge is 2.40. The van der Waals surface area contributed by atoms with Gasteiger partial charge in [-0.2, -0.15) is 0 Å². The summed E-state index contributed by atoms with van der Waals surface area (Å²) >= 11 is 0. The summed E-state index contributed by atoms with van der Waals surface area (Å²) in [4.78, 5) is 39.4. The number of hydrogen-bond acceptors (Lipinski definition) is 5. The lowest BCUT2D eigenvalue weighted by atomic mass is 10.0. The van der Waals surface area contributed by atoms with Crippen LogP contribution in [0.25, 0.3) is 6.08 Å². The average Bonchev–Trinajstić information content (AvgIpc) is 3.36. The van der Waals surface area contributed by atoms with Crippen molar-refractivity contribution in [2.45, 2.75) is 51.7 Å². The van der Waals surface area contributed by atoms with E-state index in [1.807, 2.05) is 43.3 Å². The zero-order valence-electron chi connectivity index (χ0n) is 19.9. The van der Waals surface area contributed by atoms with Gasteiger partial charge in [0.2, 0.25) is 0 Å². The molecule has 7 nitrogen and oxygen atoms in total. The first-order valence-electron chi connectivity index (χ1n) is 12.0. The number of imide groups is 2. The highest BCUT2D eigenvalue weighted by molar-refractivity contribution is 6.31. The number of allylic oxidation sites excluding steroid dienone is 1. The van der Waals surface area contributed by atoms with E-state index in [-0.39, 0.29) is 11.6 Å². The minimum absolute atomic E-state index is 0.0681. The molecule has 0 bridgehead atoms. The van der Waals surface area contributed by atoms with Crippen molar-refractivity contribution in [3.63, 3.8) is 0 Å². The van der Waals surface area contributed by atoms with E-state index in [2.05, 4.69) is 11.9 Å². The van der Waals surface area contributed by atoms with E-state index >= 15 is 0 Å². The molecule has 1 aliphatic carbocycles. The molecule has 1 aliphatic heterocycles. The number of urea groups is 1. The molecule has 1 saturated heterocycles. The fraction of sp³-hybridized carbons (Fsp3) is 0.321. The van der Waals surface area contributed by atoms with Crippen LogP contribution in [0.5, 0.6) is 11.5 Å². The molecule has 0 radical (unpaired) electrons. The van der Waals surface area contributed by atoms with Gasteiger partial charge < -0.3 is 9.47 Å². The maximum Gasteiger partial charge on any atom is 0.331 e. The minimum Gasteiger partial charge on any atom is -0.490 e. The van der Waals surface area contributed by atoms with E-state index < -0.39 is 17.8 Å². The van der Waals surface area contributed by atoms with Crippen LogP contribution in [-0.2, 0) is 22.6 Å². The van der Waals surface area contributed by atoms with Gasteiger partial charge >= 0.3 is 6.03 Å². The number of ether oxygens (including phenoxy) is 2. The normalized spacial score (nSPS) is 17.6. The number of carbonyl (C=O) groups excluding carboxylic acids is 3. The summed E-state index contributed by atoms with van der Waals surface area (Å²) in [7, 11) is 0. The van der Waals surface area contributed by atoms with Crippen LogP contribution in [0.2, 0.25) is 0 Å². The van der Waals surface area contributed by atoms with Crippen molar-refractivity contribution in [2.75, 3.05) is 6.61 Å². The summed E-state index contributed by atoms with van der Waals surface area (Å²) < 4.78 is 12.0. The summed E-state index contributed by atoms with van der Waals surface area (Å²) in [6, 6.07) is 12.6. The van der Waals surface area contributed by atoms with Crippen molar-refractivity contribution in [3.05, 3.63) is 77.4 Å². The van der Waals surface area contributed by atoms with Crippen LogP contribution in [0.15, 0.2) is 60.7 Å². The predicted molar refractivity (Wildman–Crippen MR) is 133 cm³/mol. The van der Waals surface area contributed by atoms with Crippen molar-refractivity contribution in [3.8, 4) is 11.5 Å². The van der Waals surface area contributed by atoms with Gasteiger partial charge in [-0.3, -0.25) is 19.8 Å². The summed E-state index contributed by atoms with van der Waals surface area (Å²) in [6.45, 7) is 6.51. The lowest BCUT2D eigenvalue weighted by Gasteiger charge is -2.31. The Balaban J connectivity index is 1.69. The third-order valence-electron chi connectivity index (χ3n) is 6.18. The Kier molecular flexibility index (Phi) is 7.65. The number of barbiturate groups is 1. The molecule has 0 aromatic heterocycles. The molecule has 182 valence electrons. The maximum absolute atomic E-state index is 13.2. The molecule has 2 aromatic carbocycles. The van der Waals surface area contributed by atoms with E-state index in [4.69, 9.17) is 9.47 Å². The Hall–Kier alpha value is -3.87. The molecule has 7 heteroatoms. The zero-order chi connectivity index (χ0) is 24.8. The zero-order valence-corrected chi connectivity index (χ0v) is 19.9. The second kappa shape index (κ2) is 11.0. The van der Waals surface area contributed by atoms with Gasteiger partial charge in [0.1, 0.15) is 12.2 Å². The highest BCUT2D eigenvalue weighted by Crippen LogP contribution is 2.36. The van der Waals surface area contributed by atoms with Crippen molar-refractivity contribution in [1.29, 1.82) is 0 Å². The third kappa shape index (κ3) is 5.45. The van der Waals surface area contributed by atoms with Gasteiger partial charge in [-0.15, -0.1) is 6.58 Å². The van der Waals surface area contributed by atoms with Crippen LogP contribution >= 0.6 is 0 Å². The Labute approximate surface area is 205 Å². The van der Waals surface area contributed by atoms with Crippen molar-refractivity contribution >= 4 is 23.9 Å². The second-order valence-corrected chi connectivity index (χ2v) is 8.64. The summed E-state index contributed by atoms with van der Waals surface area (Å²) in [5.74, 6) is -0.137. The van der Waals surface area contributed by atoms with Crippen LogP contribution in [0.3, 0.4) is 0 Å². The second-order valence-electron chi connectivity index (χ2n) is 8.64.